The van der Waals surface area contributed by atoms with Gasteiger partial charge in [-0.25, -0.2) is 0 Å². The van der Waals surface area contributed by atoms with Gasteiger partial charge in [-0.05, 0) is 26.5 Å². The van der Waals surface area contributed by atoms with E-state index in [4.69, 9.17) is 13.3 Å². The van der Waals surface area contributed by atoms with Gasteiger partial charge in [0.05, 0.1) is 0 Å². The van der Waals surface area contributed by atoms with Gasteiger partial charge in [-0.1, -0.05) is 26.8 Å². The first-order chi connectivity index (χ1) is 8.39. The second-order valence-corrected chi connectivity index (χ2v) is 8.98. The summed E-state index contributed by atoms with van der Waals surface area (Å²) >= 11 is 1.90. The largest absolute Gasteiger partial charge is 0.529 e. The molecule has 5 heteroatoms. The normalized spacial score (nSPS) is 13.4. The fraction of sp³-hybridized carbons (Fsp3) is 0.846. The molecular formula is C13H28O3SSi. The Bertz CT molecular complexity index is 222. The summed E-state index contributed by atoms with van der Waals surface area (Å²) < 4.78 is 17.5. The van der Waals surface area contributed by atoms with Crippen LogP contribution in [-0.2, 0) is 13.3 Å². The average Bonchev–Trinajstić information content (AvgIpc) is 2.24. The second kappa shape index (κ2) is 9.15. The molecule has 0 aliphatic rings. The van der Waals surface area contributed by atoms with E-state index >= 15 is 0 Å². The molecule has 3 nitrogen and oxygen atoms in total. The van der Waals surface area contributed by atoms with Gasteiger partial charge in [-0.3, -0.25) is 0 Å². The molecule has 0 radical (unpaired) electrons. The molecule has 108 valence electrons. The SMILES string of the molecule is CCO[Si](/C=C/CSC(C)(C)C)(OCC)OCC. The zero-order valence-corrected chi connectivity index (χ0v) is 14.4. The molecule has 18 heavy (non-hydrogen) atoms. The lowest BCUT2D eigenvalue weighted by Crippen LogP contribution is -2.44. The smallest absolute Gasteiger partial charge is 0.371 e. The third kappa shape index (κ3) is 8.32. The van der Waals surface area contributed by atoms with Gasteiger partial charge in [0.1, 0.15) is 0 Å². The van der Waals surface area contributed by atoms with Crippen LogP contribution >= 0.6 is 11.8 Å². The van der Waals surface area contributed by atoms with Crippen LogP contribution in [0.5, 0.6) is 0 Å². The monoisotopic (exact) mass is 292 g/mol. The van der Waals surface area contributed by atoms with Crippen LogP contribution in [-0.4, -0.2) is 39.1 Å². The highest BCUT2D eigenvalue weighted by Gasteiger charge is 2.37. The number of rotatable bonds is 9. The molecule has 0 aromatic heterocycles. The average molecular weight is 293 g/mol. The molecule has 0 amide bonds. The maximum absolute atomic E-state index is 5.74. The van der Waals surface area contributed by atoms with Crippen molar-refractivity contribution in [2.24, 2.45) is 0 Å². The third-order valence-corrected chi connectivity index (χ3v) is 5.91. The molecule has 0 aliphatic carbocycles. The number of hydrogen-bond donors (Lipinski definition) is 0. The Kier molecular flexibility index (Phi) is 9.24. The summed E-state index contributed by atoms with van der Waals surface area (Å²) in [5, 5.41) is 0. The fourth-order valence-electron chi connectivity index (χ4n) is 1.36. The van der Waals surface area contributed by atoms with Crippen LogP contribution in [0.25, 0.3) is 0 Å². The van der Waals surface area contributed by atoms with Crippen LogP contribution in [0.2, 0.25) is 0 Å². The summed E-state index contributed by atoms with van der Waals surface area (Å²) in [7, 11) is -2.59. The highest BCUT2D eigenvalue weighted by molar-refractivity contribution is 8.00. The Morgan fingerprint density at radius 2 is 1.39 bits per heavy atom. The summed E-state index contributed by atoms with van der Waals surface area (Å²) in [6.45, 7) is 14.4. The highest BCUT2D eigenvalue weighted by Crippen LogP contribution is 2.23. The Labute approximate surface area is 118 Å². The summed E-state index contributed by atoms with van der Waals surface area (Å²) in [5.74, 6) is 0.950. The van der Waals surface area contributed by atoms with E-state index in [0.717, 1.165) is 5.75 Å². The van der Waals surface area contributed by atoms with Gasteiger partial charge in [0.25, 0.3) is 0 Å². The lowest BCUT2D eigenvalue weighted by molar-refractivity contribution is 0.0842. The summed E-state index contributed by atoms with van der Waals surface area (Å²) in [6.07, 6.45) is 2.11. The number of thioether (sulfide) groups is 1. The molecule has 0 atom stereocenters. The maximum atomic E-state index is 5.74. The van der Waals surface area contributed by atoms with Gasteiger partial charge in [0, 0.05) is 30.3 Å². The second-order valence-electron chi connectivity index (χ2n) is 4.73. The van der Waals surface area contributed by atoms with E-state index in [1.54, 1.807) is 0 Å². The van der Waals surface area contributed by atoms with Crippen molar-refractivity contribution in [2.45, 2.75) is 46.3 Å². The van der Waals surface area contributed by atoms with Crippen LogP contribution in [0.3, 0.4) is 0 Å². The molecule has 0 fully saturated rings. The van der Waals surface area contributed by atoms with Gasteiger partial charge >= 0.3 is 8.80 Å². The van der Waals surface area contributed by atoms with Crippen LogP contribution in [0.15, 0.2) is 11.8 Å². The van der Waals surface area contributed by atoms with Crippen molar-refractivity contribution in [3.63, 3.8) is 0 Å². The molecule has 0 saturated heterocycles. The molecule has 0 heterocycles. The van der Waals surface area contributed by atoms with Crippen LogP contribution < -0.4 is 0 Å². The summed E-state index contributed by atoms with van der Waals surface area (Å²) in [5.41, 5.74) is 2.02. The summed E-state index contributed by atoms with van der Waals surface area (Å²) in [4.78, 5) is 0. The third-order valence-electron chi connectivity index (χ3n) is 1.97. The minimum atomic E-state index is -2.59. The molecular weight excluding hydrogens is 264 g/mol. The molecule has 0 rings (SSSR count). The lowest BCUT2D eigenvalue weighted by atomic mass is 10.3. The first-order valence-corrected chi connectivity index (χ1v) is 9.41. The van der Waals surface area contributed by atoms with Crippen molar-refractivity contribution in [1.82, 2.24) is 0 Å². The van der Waals surface area contributed by atoms with Gasteiger partial charge in [0.2, 0.25) is 0 Å². The number of hydrogen-bond acceptors (Lipinski definition) is 4. The van der Waals surface area contributed by atoms with Crippen molar-refractivity contribution in [1.29, 1.82) is 0 Å². The van der Waals surface area contributed by atoms with Crippen molar-refractivity contribution < 1.29 is 13.3 Å². The Morgan fingerprint density at radius 1 is 0.944 bits per heavy atom. The minimum absolute atomic E-state index is 0.275. The lowest BCUT2D eigenvalue weighted by Gasteiger charge is -2.25. The molecule has 0 aromatic carbocycles. The first-order valence-electron chi connectivity index (χ1n) is 6.62. The maximum Gasteiger partial charge on any atom is 0.529 e. The molecule has 0 aromatic rings. The minimum Gasteiger partial charge on any atom is -0.371 e. The van der Waals surface area contributed by atoms with E-state index < -0.39 is 8.80 Å². The molecule has 0 unspecified atom stereocenters. The van der Waals surface area contributed by atoms with Crippen molar-refractivity contribution in [3.05, 3.63) is 11.8 Å². The fourth-order valence-corrected chi connectivity index (χ4v) is 4.38. The highest BCUT2D eigenvalue weighted by atomic mass is 32.2. The van der Waals surface area contributed by atoms with Gasteiger partial charge in [0.15, 0.2) is 0 Å². The van der Waals surface area contributed by atoms with Gasteiger partial charge in [-0.2, -0.15) is 11.8 Å². The quantitative estimate of drug-likeness (QED) is 0.606. The molecule has 0 bridgehead atoms. The predicted molar refractivity (Wildman–Crippen MR) is 82.0 cm³/mol. The van der Waals surface area contributed by atoms with Gasteiger partial charge in [-0.15, -0.1) is 0 Å². The zero-order chi connectivity index (χ0) is 14.1. The van der Waals surface area contributed by atoms with Crippen molar-refractivity contribution in [2.75, 3.05) is 25.6 Å². The topological polar surface area (TPSA) is 27.7 Å². The van der Waals surface area contributed by atoms with Crippen LogP contribution in [0, 0.1) is 0 Å². The predicted octanol–water partition coefficient (Wildman–Crippen LogP) is 3.66. The van der Waals surface area contributed by atoms with Crippen LogP contribution in [0.1, 0.15) is 41.5 Å². The standard InChI is InChI=1S/C13H28O3SSi/c1-7-14-18(15-8-2,16-9-3)12-10-11-17-13(4,5)6/h10,12H,7-9,11H2,1-6H3/b12-10+. The van der Waals surface area contributed by atoms with Crippen molar-refractivity contribution >= 4 is 20.6 Å². The van der Waals surface area contributed by atoms with E-state index in [9.17, 15) is 0 Å². The Hall–Kier alpha value is 0.187. The molecule has 0 aliphatic heterocycles. The molecule has 0 N–H and O–H groups in total. The van der Waals surface area contributed by atoms with E-state index in [-0.39, 0.29) is 4.75 Å². The Morgan fingerprint density at radius 3 is 1.72 bits per heavy atom. The van der Waals surface area contributed by atoms with Crippen LogP contribution in [0.4, 0.5) is 0 Å². The zero-order valence-electron chi connectivity index (χ0n) is 12.6. The van der Waals surface area contributed by atoms with Gasteiger partial charge < -0.3 is 13.3 Å². The van der Waals surface area contributed by atoms with Crippen molar-refractivity contribution in [3.8, 4) is 0 Å². The van der Waals surface area contributed by atoms with E-state index in [1.165, 1.54) is 0 Å². The van der Waals surface area contributed by atoms with E-state index in [0.29, 0.717) is 19.8 Å². The van der Waals surface area contributed by atoms with E-state index in [1.807, 2.05) is 38.2 Å². The Balaban J connectivity index is 4.49. The van der Waals surface area contributed by atoms with E-state index in [2.05, 4.69) is 26.8 Å². The molecule has 0 saturated carbocycles. The first kappa shape index (κ1) is 18.2. The summed E-state index contributed by atoms with van der Waals surface area (Å²) in [6, 6.07) is 0. The molecule has 0 spiro atoms.